The van der Waals surface area contributed by atoms with Crippen molar-refractivity contribution in [2.45, 2.75) is 24.2 Å². The lowest BCUT2D eigenvalue weighted by Crippen LogP contribution is -2.25. The highest BCUT2D eigenvalue weighted by Crippen LogP contribution is 2.32. The second-order valence-electron chi connectivity index (χ2n) is 4.70. The first kappa shape index (κ1) is 15.8. The maximum atomic E-state index is 12.1. The Labute approximate surface area is 130 Å². The lowest BCUT2D eigenvalue weighted by Gasteiger charge is -2.09. The van der Waals surface area contributed by atoms with Gasteiger partial charge < -0.3 is 5.11 Å². The van der Waals surface area contributed by atoms with E-state index in [9.17, 15) is 13.2 Å². The second kappa shape index (κ2) is 6.01. The van der Waals surface area contributed by atoms with E-state index in [4.69, 9.17) is 16.7 Å². The van der Waals surface area contributed by atoms with Crippen LogP contribution in [0.4, 0.5) is 0 Å². The van der Waals surface area contributed by atoms with Crippen LogP contribution in [0.15, 0.2) is 21.5 Å². The zero-order valence-corrected chi connectivity index (χ0v) is 13.6. The molecule has 0 spiro atoms. The largest absolute Gasteiger partial charge is 0.478 e. The molecule has 0 bridgehead atoms. The maximum Gasteiger partial charge on any atom is 0.337 e. The molecule has 0 amide bonds. The van der Waals surface area contributed by atoms with Crippen molar-refractivity contribution in [3.63, 3.8) is 0 Å². The summed E-state index contributed by atoms with van der Waals surface area (Å²) in [6.45, 7) is 0.357. The van der Waals surface area contributed by atoms with Crippen LogP contribution in [0.2, 0.25) is 5.02 Å². The van der Waals surface area contributed by atoms with Gasteiger partial charge in [0.25, 0.3) is 0 Å². The highest BCUT2D eigenvalue weighted by atomic mass is 79.9. The molecule has 0 aliphatic heterocycles. The lowest BCUT2D eigenvalue weighted by atomic mass is 10.2. The molecule has 8 heteroatoms. The Hall–Kier alpha value is -0.630. The molecule has 20 heavy (non-hydrogen) atoms. The predicted octanol–water partition coefficient (Wildman–Crippen LogP) is 2.88. The van der Waals surface area contributed by atoms with Crippen LogP contribution in [0.5, 0.6) is 0 Å². The van der Waals surface area contributed by atoms with Gasteiger partial charge in [0, 0.05) is 11.0 Å². The summed E-state index contributed by atoms with van der Waals surface area (Å²) >= 11 is 8.89. The number of aromatic carboxylic acids is 1. The van der Waals surface area contributed by atoms with Crippen molar-refractivity contribution >= 4 is 43.5 Å². The average Bonchev–Trinajstić information content (AvgIpc) is 3.15. The zero-order valence-electron chi connectivity index (χ0n) is 10.4. The fraction of sp³-hybridized carbons (Fsp3) is 0.417. The minimum atomic E-state index is -3.73. The van der Waals surface area contributed by atoms with Crippen LogP contribution in [0.25, 0.3) is 0 Å². The van der Waals surface area contributed by atoms with Gasteiger partial charge in [-0.25, -0.2) is 17.9 Å². The Balaban J connectivity index is 2.23. The summed E-state index contributed by atoms with van der Waals surface area (Å²) in [5.41, 5.74) is -0.247. The topological polar surface area (TPSA) is 83.5 Å². The molecule has 1 aromatic rings. The van der Waals surface area contributed by atoms with Gasteiger partial charge in [0.2, 0.25) is 10.0 Å². The van der Waals surface area contributed by atoms with Gasteiger partial charge in [-0.05, 0) is 40.4 Å². The first-order chi connectivity index (χ1) is 9.31. The maximum absolute atomic E-state index is 12.1. The van der Waals surface area contributed by atoms with Crippen LogP contribution in [0.3, 0.4) is 0 Å². The van der Waals surface area contributed by atoms with Crippen molar-refractivity contribution in [3.8, 4) is 0 Å². The normalized spacial score (nSPS) is 15.3. The number of carbonyl (C=O) groups is 1. The first-order valence-corrected chi connectivity index (χ1v) is 8.68. The molecule has 1 aliphatic rings. The van der Waals surface area contributed by atoms with Gasteiger partial charge in [0.05, 0.1) is 15.5 Å². The van der Waals surface area contributed by atoms with Crippen LogP contribution < -0.4 is 4.72 Å². The molecule has 0 unspecified atom stereocenters. The monoisotopic (exact) mass is 381 g/mol. The van der Waals surface area contributed by atoms with E-state index in [0.29, 0.717) is 12.5 Å². The van der Waals surface area contributed by atoms with Gasteiger partial charge in [-0.1, -0.05) is 24.4 Å². The molecule has 0 radical (unpaired) electrons. The highest BCUT2D eigenvalue weighted by Gasteiger charge is 2.23. The van der Waals surface area contributed by atoms with E-state index in [2.05, 4.69) is 20.7 Å². The van der Waals surface area contributed by atoms with E-state index in [1.54, 1.807) is 0 Å². The van der Waals surface area contributed by atoms with Crippen molar-refractivity contribution < 1.29 is 18.3 Å². The summed E-state index contributed by atoms with van der Waals surface area (Å²) < 4.78 is 26.9. The molecule has 0 heterocycles. The number of rotatable bonds is 6. The average molecular weight is 383 g/mol. The third kappa shape index (κ3) is 3.72. The van der Waals surface area contributed by atoms with Gasteiger partial charge in [-0.15, -0.1) is 0 Å². The van der Waals surface area contributed by atoms with Gasteiger partial charge in [-0.3, -0.25) is 0 Å². The number of halogens is 2. The number of hydrogen-bond donors (Lipinski definition) is 2. The fourth-order valence-electron chi connectivity index (χ4n) is 1.76. The van der Waals surface area contributed by atoms with Crippen LogP contribution in [0.1, 0.15) is 29.6 Å². The molecule has 1 fully saturated rings. The Morgan fingerprint density at radius 3 is 2.65 bits per heavy atom. The summed E-state index contributed by atoms with van der Waals surface area (Å²) in [4.78, 5) is 10.9. The molecule has 0 saturated heterocycles. The number of hydrogen-bond acceptors (Lipinski definition) is 3. The number of nitrogens with one attached hydrogen (secondary N) is 1. The predicted molar refractivity (Wildman–Crippen MR) is 78.6 cm³/mol. The van der Waals surface area contributed by atoms with Gasteiger partial charge in [0.15, 0.2) is 0 Å². The van der Waals surface area contributed by atoms with Crippen molar-refractivity contribution in [2.75, 3.05) is 6.54 Å². The summed E-state index contributed by atoms with van der Waals surface area (Å²) in [5, 5.41) is 9.00. The van der Waals surface area contributed by atoms with Crippen LogP contribution in [-0.4, -0.2) is 26.0 Å². The van der Waals surface area contributed by atoms with Gasteiger partial charge >= 0.3 is 5.97 Å². The Morgan fingerprint density at radius 2 is 2.10 bits per heavy atom. The third-order valence-corrected chi connectivity index (χ3v) is 5.79. The van der Waals surface area contributed by atoms with Crippen molar-refractivity contribution in [2.24, 2.45) is 5.92 Å². The molecular formula is C12H13BrClNO4S. The number of carboxylic acids is 1. The van der Waals surface area contributed by atoms with Crippen molar-refractivity contribution in [1.29, 1.82) is 0 Å². The van der Waals surface area contributed by atoms with E-state index in [-0.39, 0.29) is 20.0 Å². The van der Waals surface area contributed by atoms with Gasteiger partial charge in [-0.2, -0.15) is 0 Å². The van der Waals surface area contributed by atoms with E-state index in [1.165, 1.54) is 6.07 Å². The Kier molecular flexibility index (Phi) is 4.73. The molecule has 5 nitrogen and oxygen atoms in total. The van der Waals surface area contributed by atoms with Crippen LogP contribution in [-0.2, 0) is 10.0 Å². The molecule has 0 atom stereocenters. The minimum absolute atomic E-state index is 0.0190. The molecule has 1 saturated carbocycles. The van der Waals surface area contributed by atoms with Crippen LogP contribution in [0, 0.1) is 5.92 Å². The molecule has 0 aromatic heterocycles. The Bertz CT molecular complexity index is 643. The Morgan fingerprint density at radius 1 is 1.45 bits per heavy atom. The molecule has 2 rings (SSSR count). The fourth-order valence-corrected chi connectivity index (χ4v) is 3.66. The highest BCUT2D eigenvalue weighted by molar-refractivity contribution is 9.10. The van der Waals surface area contributed by atoms with Crippen molar-refractivity contribution in [1.82, 2.24) is 4.72 Å². The zero-order chi connectivity index (χ0) is 14.9. The standard InChI is InChI=1S/C12H13BrClNO4S/c13-10-6-8(5-9(11(10)14)12(16)17)20(18,19)15-4-3-7-1-2-7/h5-7,15H,1-4H2,(H,16,17). The number of benzene rings is 1. The summed E-state index contributed by atoms with van der Waals surface area (Å²) in [5.74, 6) is -0.657. The van der Waals surface area contributed by atoms with E-state index in [0.717, 1.165) is 25.3 Å². The van der Waals surface area contributed by atoms with Gasteiger partial charge in [0.1, 0.15) is 0 Å². The quantitative estimate of drug-likeness (QED) is 0.792. The molecule has 1 aliphatic carbocycles. The minimum Gasteiger partial charge on any atom is -0.478 e. The molecule has 110 valence electrons. The van der Waals surface area contributed by atoms with Crippen molar-refractivity contribution in [3.05, 3.63) is 27.2 Å². The SMILES string of the molecule is O=C(O)c1cc(S(=O)(=O)NCCC2CC2)cc(Br)c1Cl. The summed E-state index contributed by atoms with van der Waals surface area (Å²) in [6.07, 6.45) is 3.11. The van der Waals surface area contributed by atoms with Crippen LogP contribution >= 0.6 is 27.5 Å². The van der Waals surface area contributed by atoms with E-state index >= 15 is 0 Å². The second-order valence-corrected chi connectivity index (χ2v) is 7.70. The number of sulfonamides is 1. The third-order valence-electron chi connectivity index (χ3n) is 3.08. The first-order valence-electron chi connectivity index (χ1n) is 6.03. The van der Waals surface area contributed by atoms with E-state index < -0.39 is 16.0 Å². The number of carboxylic acid groups (broad SMARTS) is 1. The molecule has 1 aromatic carbocycles. The summed E-state index contributed by atoms with van der Waals surface area (Å²) in [7, 11) is -3.73. The van der Waals surface area contributed by atoms with E-state index in [1.807, 2.05) is 0 Å². The molecular weight excluding hydrogens is 370 g/mol. The smallest absolute Gasteiger partial charge is 0.337 e. The molecule has 2 N–H and O–H groups in total. The lowest BCUT2D eigenvalue weighted by molar-refractivity contribution is 0.0696. The summed E-state index contributed by atoms with van der Waals surface area (Å²) in [6, 6.07) is 2.36.